The summed E-state index contributed by atoms with van der Waals surface area (Å²) in [5.41, 5.74) is 10.9. The predicted octanol–water partition coefficient (Wildman–Crippen LogP) is 4.32. The highest BCUT2D eigenvalue weighted by Crippen LogP contribution is 2.42. The van der Waals surface area contributed by atoms with E-state index in [1.165, 1.54) is 16.0 Å². The van der Waals surface area contributed by atoms with Crippen molar-refractivity contribution in [1.29, 1.82) is 0 Å². The normalized spacial score (nSPS) is 10.7. The molecule has 2 N–H and O–H groups in total. The van der Waals surface area contributed by atoms with Gasteiger partial charge in [-0.05, 0) is 45.4 Å². The largest absolute Gasteiger partial charge is 0.493 e. The van der Waals surface area contributed by atoms with Gasteiger partial charge in [0.25, 0.3) is 0 Å². The number of thiophene rings is 1. The summed E-state index contributed by atoms with van der Waals surface area (Å²) in [5, 5.41) is 0.872. The van der Waals surface area contributed by atoms with E-state index < -0.39 is 0 Å². The second-order valence-corrected chi connectivity index (χ2v) is 5.71. The van der Waals surface area contributed by atoms with Crippen molar-refractivity contribution in [2.75, 3.05) is 12.3 Å². The van der Waals surface area contributed by atoms with Gasteiger partial charge in [0.05, 0.1) is 11.6 Å². The van der Waals surface area contributed by atoms with Gasteiger partial charge in [0.2, 0.25) is 0 Å². The lowest BCUT2D eigenvalue weighted by molar-refractivity contribution is 0.341. The molecule has 3 heteroatoms. The quantitative estimate of drug-likeness (QED) is 0.893. The lowest BCUT2D eigenvalue weighted by atomic mass is 10.00. The molecule has 96 valence electrons. The highest BCUT2D eigenvalue weighted by Gasteiger charge is 2.16. The van der Waals surface area contributed by atoms with Crippen LogP contribution in [0.2, 0.25) is 0 Å². The maximum atomic E-state index is 6.15. The second kappa shape index (κ2) is 5.02. The third-order valence-electron chi connectivity index (χ3n) is 3.12. The second-order valence-electron chi connectivity index (χ2n) is 4.46. The van der Waals surface area contributed by atoms with Crippen molar-refractivity contribution >= 4 is 16.3 Å². The zero-order valence-electron chi connectivity index (χ0n) is 11.3. The Bertz CT molecular complexity index is 572. The van der Waals surface area contributed by atoms with Crippen molar-refractivity contribution in [3.05, 3.63) is 34.2 Å². The lowest BCUT2D eigenvalue weighted by Crippen LogP contribution is -1.96. The molecule has 0 saturated heterocycles. The number of benzene rings is 1. The fourth-order valence-corrected chi connectivity index (χ4v) is 3.06. The molecule has 0 amide bonds. The monoisotopic (exact) mass is 261 g/mol. The van der Waals surface area contributed by atoms with E-state index in [4.69, 9.17) is 10.5 Å². The van der Waals surface area contributed by atoms with Gasteiger partial charge in [-0.3, -0.25) is 0 Å². The van der Waals surface area contributed by atoms with Gasteiger partial charge < -0.3 is 10.5 Å². The van der Waals surface area contributed by atoms with Crippen LogP contribution in [-0.2, 0) is 0 Å². The minimum atomic E-state index is 0.665. The standard InChI is InChI=1S/C15H19NOS/c1-5-17-13-7-6-9(2)8-12(13)14-10(3)11(4)18-15(14)16/h6-8H,5,16H2,1-4H3. The van der Waals surface area contributed by atoms with Crippen LogP contribution in [0, 0.1) is 20.8 Å². The van der Waals surface area contributed by atoms with E-state index in [2.05, 4.69) is 32.9 Å². The molecule has 1 aromatic heterocycles. The summed E-state index contributed by atoms with van der Waals surface area (Å²) in [6, 6.07) is 6.25. The summed E-state index contributed by atoms with van der Waals surface area (Å²) in [7, 11) is 0. The number of hydrogen-bond donors (Lipinski definition) is 1. The summed E-state index contributed by atoms with van der Waals surface area (Å²) >= 11 is 1.65. The Labute approximate surface area is 112 Å². The molecule has 0 saturated carbocycles. The van der Waals surface area contributed by atoms with Crippen molar-refractivity contribution in [3.63, 3.8) is 0 Å². The maximum Gasteiger partial charge on any atom is 0.127 e. The Balaban J connectivity index is 2.65. The van der Waals surface area contributed by atoms with Gasteiger partial charge in [0, 0.05) is 16.0 Å². The van der Waals surface area contributed by atoms with Crippen molar-refractivity contribution < 1.29 is 4.74 Å². The van der Waals surface area contributed by atoms with Crippen LogP contribution < -0.4 is 10.5 Å². The molecule has 0 bridgehead atoms. The van der Waals surface area contributed by atoms with E-state index in [-0.39, 0.29) is 0 Å². The molecule has 2 rings (SSSR count). The molecular formula is C15H19NOS. The topological polar surface area (TPSA) is 35.2 Å². The Hall–Kier alpha value is -1.48. The fourth-order valence-electron chi connectivity index (χ4n) is 2.11. The van der Waals surface area contributed by atoms with Crippen LogP contribution in [-0.4, -0.2) is 6.61 Å². The third-order valence-corrected chi connectivity index (χ3v) is 4.15. The summed E-state index contributed by atoms with van der Waals surface area (Å²) < 4.78 is 5.71. The number of hydrogen-bond acceptors (Lipinski definition) is 3. The van der Waals surface area contributed by atoms with E-state index in [0.717, 1.165) is 21.9 Å². The number of rotatable bonds is 3. The molecule has 0 atom stereocenters. The molecule has 2 aromatic rings. The van der Waals surface area contributed by atoms with Crippen molar-refractivity contribution in [1.82, 2.24) is 0 Å². The Morgan fingerprint density at radius 2 is 1.94 bits per heavy atom. The predicted molar refractivity (Wildman–Crippen MR) is 79.5 cm³/mol. The molecule has 2 nitrogen and oxygen atoms in total. The van der Waals surface area contributed by atoms with Crippen LogP contribution in [0.25, 0.3) is 11.1 Å². The molecule has 0 radical (unpaired) electrons. The average molecular weight is 261 g/mol. The van der Waals surface area contributed by atoms with E-state index in [0.29, 0.717) is 6.61 Å². The van der Waals surface area contributed by atoms with Crippen LogP contribution in [0.1, 0.15) is 22.9 Å². The average Bonchev–Trinajstić information content (AvgIpc) is 2.56. The first-order valence-electron chi connectivity index (χ1n) is 6.13. The van der Waals surface area contributed by atoms with Gasteiger partial charge in [-0.1, -0.05) is 11.6 Å². The van der Waals surface area contributed by atoms with Crippen LogP contribution in [0.4, 0.5) is 5.00 Å². The molecule has 0 unspecified atom stereocenters. The zero-order chi connectivity index (χ0) is 13.3. The molecule has 18 heavy (non-hydrogen) atoms. The van der Waals surface area contributed by atoms with Gasteiger partial charge in [-0.2, -0.15) is 0 Å². The molecular weight excluding hydrogens is 242 g/mol. The first-order valence-corrected chi connectivity index (χ1v) is 6.95. The van der Waals surface area contributed by atoms with Crippen molar-refractivity contribution in [2.45, 2.75) is 27.7 Å². The number of anilines is 1. The van der Waals surface area contributed by atoms with Crippen LogP contribution >= 0.6 is 11.3 Å². The number of aryl methyl sites for hydroxylation is 2. The van der Waals surface area contributed by atoms with E-state index in [9.17, 15) is 0 Å². The highest BCUT2D eigenvalue weighted by molar-refractivity contribution is 7.16. The van der Waals surface area contributed by atoms with Gasteiger partial charge in [0.1, 0.15) is 5.75 Å². The van der Waals surface area contributed by atoms with E-state index >= 15 is 0 Å². The fraction of sp³-hybridized carbons (Fsp3) is 0.333. The molecule has 1 aromatic carbocycles. The maximum absolute atomic E-state index is 6.15. The molecule has 0 aliphatic rings. The van der Waals surface area contributed by atoms with Gasteiger partial charge in [-0.25, -0.2) is 0 Å². The molecule has 0 aliphatic carbocycles. The molecule has 0 spiro atoms. The lowest BCUT2D eigenvalue weighted by Gasteiger charge is -2.12. The van der Waals surface area contributed by atoms with Crippen molar-refractivity contribution in [3.8, 4) is 16.9 Å². The summed E-state index contributed by atoms with van der Waals surface area (Å²) in [5.74, 6) is 0.913. The molecule has 0 aliphatic heterocycles. The molecule has 0 fully saturated rings. The first kappa shape index (κ1) is 13.0. The van der Waals surface area contributed by atoms with E-state index in [1.54, 1.807) is 11.3 Å². The Kier molecular flexibility index (Phi) is 3.62. The van der Waals surface area contributed by atoms with Gasteiger partial charge >= 0.3 is 0 Å². The van der Waals surface area contributed by atoms with Crippen LogP contribution in [0.15, 0.2) is 18.2 Å². The third kappa shape index (κ3) is 2.23. The smallest absolute Gasteiger partial charge is 0.127 e. The Morgan fingerprint density at radius 3 is 2.50 bits per heavy atom. The van der Waals surface area contributed by atoms with Crippen LogP contribution in [0.3, 0.4) is 0 Å². The van der Waals surface area contributed by atoms with E-state index in [1.807, 2.05) is 13.0 Å². The first-order chi connectivity index (χ1) is 8.54. The molecule has 1 heterocycles. The number of nitrogen functional groups attached to an aromatic ring is 1. The number of ether oxygens (including phenoxy) is 1. The summed E-state index contributed by atoms with van der Waals surface area (Å²) in [6.45, 7) is 8.98. The zero-order valence-corrected chi connectivity index (χ0v) is 12.1. The summed E-state index contributed by atoms with van der Waals surface area (Å²) in [4.78, 5) is 1.27. The van der Waals surface area contributed by atoms with Crippen molar-refractivity contribution in [2.24, 2.45) is 0 Å². The summed E-state index contributed by atoms with van der Waals surface area (Å²) in [6.07, 6.45) is 0. The van der Waals surface area contributed by atoms with Crippen LogP contribution in [0.5, 0.6) is 5.75 Å². The SMILES string of the molecule is CCOc1ccc(C)cc1-c1c(N)sc(C)c1C. The minimum absolute atomic E-state index is 0.665. The van der Waals surface area contributed by atoms with Gasteiger partial charge in [0.15, 0.2) is 0 Å². The highest BCUT2D eigenvalue weighted by atomic mass is 32.1. The minimum Gasteiger partial charge on any atom is -0.493 e. The Morgan fingerprint density at radius 1 is 1.22 bits per heavy atom. The number of nitrogens with two attached hydrogens (primary N) is 1. The van der Waals surface area contributed by atoms with Gasteiger partial charge in [-0.15, -0.1) is 11.3 Å².